The van der Waals surface area contributed by atoms with E-state index in [2.05, 4.69) is 26.0 Å². The van der Waals surface area contributed by atoms with Gasteiger partial charge in [0.2, 0.25) is 0 Å². The Bertz CT molecular complexity index is 854. The van der Waals surface area contributed by atoms with Gasteiger partial charge in [-0.1, -0.05) is 148 Å². The van der Waals surface area contributed by atoms with Crippen LogP contribution in [0.1, 0.15) is 194 Å². The largest absolute Gasteiger partial charge is 0.477 e. The molecule has 0 heterocycles. The number of carbonyl (C=O) groups is 3. The number of likely N-dealkylation sites (N-methyl/N-ethyl adjacent to an activating group) is 1. The number of hydrogen-bond donors (Lipinski definition) is 1. The summed E-state index contributed by atoms with van der Waals surface area (Å²) in [6.45, 7) is 4.71. The van der Waals surface area contributed by atoms with Crippen LogP contribution < -0.4 is 0 Å². The van der Waals surface area contributed by atoms with E-state index in [1.54, 1.807) is 0 Å². The van der Waals surface area contributed by atoms with Gasteiger partial charge in [-0.05, 0) is 38.5 Å². The molecular formula is C43H82NO7+. The predicted octanol–water partition coefficient (Wildman–Crippen LogP) is 11.1. The Kier molecular flexibility index (Phi) is 33.8. The van der Waals surface area contributed by atoms with Crippen LogP contribution >= 0.6 is 0 Å². The maximum Gasteiger partial charge on any atom is 0.362 e. The van der Waals surface area contributed by atoms with Crippen LogP contribution in [0.4, 0.5) is 0 Å². The summed E-state index contributed by atoms with van der Waals surface area (Å²) in [4.78, 5) is 36.8. The summed E-state index contributed by atoms with van der Waals surface area (Å²) < 4.78 is 17.2. The quantitative estimate of drug-likeness (QED) is 0.0293. The number of ether oxygens (including phenoxy) is 3. The van der Waals surface area contributed by atoms with Crippen molar-refractivity contribution in [2.24, 2.45) is 0 Å². The summed E-state index contributed by atoms with van der Waals surface area (Å²) in [5.41, 5.74) is 0. The second-order valence-corrected chi connectivity index (χ2v) is 15.6. The van der Waals surface area contributed by atoms with Crippen molar-refractivity contribution in [3.05, 3.63) is 12.2 Å². The molecule has 0 saturated carbocycles. The number of rotatable bonds is 38. The van der Waals surface area contributed by atoms with Crippen molar-refractivity contribution in [3.63, 3.8) is 0 Å². The monoisotopic (exact) mass is 725 g/mol. The van der Waals surface area contributed by atoms with E-state index >= 15 is 0 Å². The van der Waals surface area contributed by atoms with Crippen LogP contribution in [0, 0.1) is 0 Å². The molecule has 0 aliphatic heterocycles. The van der Waals surface area contributed by atoms with E-state index in [1.807, 2.05) is 21.1 Å². The summed E-state index contributed by atoms with van der Waals surface area (Å²) >= 11 is 0. The molecule has 8 heteroatoms. The summed E-state index contributed by atoms with van der Waals surface area (Å²) in [6.07, 6.45) is 35.5. The zero-order chi connectivity index (χ0) is 37.8. The first-order chi connectivity index (χ1) is 24.6. The zero-order valence-corrected chi connectivity index (χ0v) is 34.1. The van der Waals surface area contributed by atoms with Gasteiger partial charge in [0.1, 0.15) is 6.61 Å². The maximum atomic E-state index is 12.6. The van der Waals surface area contributed by atoms with E-state index in [1.165, 1.54) is 122 Å². The van der Waals surface area contributed by atoms with Crippen LogP contribution in [0.2, 0.25) is 0 Å². The Balaban J connectivity index is 4.22. The number of carboxylic acid groups (broad SMARTS) is 1. The minimum absolute atomic E-state index is 0.0483. The van der Waals surface area contributed by atoms with Crippen molar-refractivity contribution in [1.82, 2.24) is 0 Å². The number of carboxylic acids is 1. The van der Waals surface area contributed by atoms with Crippen molar-refractivity contribution in [2.45, 2.75) is 206 Å². The van der Waals surface area contributed by atoms with Crippen molar-refractivity contribution in [3.8, 4) is 0 Å². The second kappa shape index (κ2) is 35.1. The first-order valence-electron chi connectivity index (χ1n) is 21.2. The van der Waals surface area contributed by atoms with E-state index < -0.39 is 18.1 Å². The molecule has 2 atom stereocenters. The molecular weight excluding hydrogens is 642 g/mol. The Hall–Kier alpha value is -1.93. The highest BCUT2D eigenvalue weighted by atomic mass is 16.6. The lowest BCUT2D eigenvalue weighted by molar-refractivity contribution is -0.887. The molecule has 2 unspecified atom stereocenters. The average molecular weight is 725 g/mol. The Morgan fingerprint density at radius 1 is 0.569 bits per heavy atom. The first kappa shape index (κ1) is 49.1. The van der Waals surface area contributed by atoms with Crippen molar-refractivity contribution in [1.29, 1.82) is 0 Å². The van der Waals surface area contributed by atoms with Gasteiger partial charge in [-0.15, -0.1) is 0 Å². The minimum Gasteiger partial charge on any atom is -0.477 e. The molecule has 0 spiro atoms. The zero-order valence-electron chi connectivity index (χ0n) is 34.1. The fourth-order valence-corrected chi connectivity index (χ4v) is 6.32. The number of esters is 2. The average Bonchev–Trinajstić information content (AvgIpc) is 3.08. The van der Waals surface area contributed by atoms with Gasteiger partial charge in [0.15, 0.2) is 12.1 Å². The van der Waals surface area contributed by atoms with E-state index in [0.29, 0.717) is 19.3 Å². The van der Waals surface area contributed by atoms with E-state index in [4.69, 9.17) is 14.2 Å². The molecule has 0 aromatic carbocycles. The highest BCUT2D eigenvalue weighted by Gasteiger charge is 2.31. The summed E-state index contributed by atoms with van der Waals surface area (Å²) in [6, 6.07) is -0.609. The lowest BCUT2D eigenvalue weighted by atomic mass is 10.1. The summed E-state index contributed by atoms with van der Waals surface area (Å²) in [5, 5.41) is 9.58. The van der Waals surface area contributed by atoms with Gasteiger partial charge in [-0.25, -0.2) is 4.79 Å². The lowest BCUT2D eigenvalue weighted by Crippen LogP contribution is -2.50. The molecule has 0 aromatic rings. The van der Waals surface area contributed by atoms with Gasteiger partial charge in [0.25, 0.3) is 0 Å². The number of quaternary nitrogens is 1. The number of carbonyl (C=O) groups excluding carboxylic acids is 2. The van der Waals surface area contributed by atoms with Gasteiger partial charge in [0.05, 0.1) is 34.4 Å². The van der Waals surface area contributed by atoms with Crippen LogP contribution in [0.3, 0.4) is 0 Å². The van der Waals surface area contributed by atoms with Crippen LogP contribution in [0.5, 0.6) is 0 Å². The number of hydrogen-bond acceptors (Lipinski definition) is 6. The second-order valence-electron chi connectivity index (χ2n) is 15.6. The molecule has 0 radical (unpaired) electrons. The van der Waals surface area contributed by atoms with Crippen LogP contribution in [-0.2, 0) is 28.6 Å². The van der Waals surface area contributed by atoms with E-state index in [9.17, 15) is 19.5 Å². The first-order valence-corrected chi connectivity index (χ1v) is 21.2. The fourth-order valence-electron chi connectivity index (χ4n) is 6.32. The van der Waals surface area contributed by atoms with Gasteiger partial charge < -0.3 is 23.8 Å². The Morgan fingerprint density at radius 2 is 0.980 bits per heavy atom. The highest BCUT2D eigenvalue weighted by molar-refractivity contribution is 5.72. The molecule has 300 valence electrons. The third-order valence-electron chi connectivity index (χ3n) is 9.66. The SMILES string of the molecule is CCCCCCCCCC/C=C/CCCCCCCCCC(=O)OCC(COCCC(C(=O)O)[N+](C)(C)C)OC(=O)CCCCCCCCCC. The highest BCUT2D eigenvalue weighted by Crippen LogP contribution is 2.14. The van der Waals surface area contributed by atoms with E-state index in [0.717, 1.165) is 38.5 Å². The molecule has 0 amide bonds. The molecule has 0 aliphatic rings. The molecule has 0 saturated heterocycles. The summed E-state index contributed by atoms with van der Waals surface area (Å²) in [7, 11) is 5.52. The molecule has 0 bridgehead atoms. The minimum atomic E-state index is -0.874. The van der Waals surface area contributed by atoms with E-state index in [-0.39, 0.29) is 36.2 Å². The van der Waals surface area contributed by atoms with Gasteiger partial charge in [0, 0.05) is 19.3 Å². The van der Waals surface area contributed by atoms with Gasteiger partial charge >= 0.3 is 17.9 Å². The lowest BCUT2D eigenvalue weighted by Gasteiger charge is -2.31. The molecule has 0 fully saturated rings. The van der Waals surface area contributed by atoms with Crippen LogP contribution in [0.15, 0.2) is 12.2 Å². The normalized spacial score (nSPS) is 13.0. The Morgan fingerprint density at radius 3 is 1.41 bits per heavy atom. The molecule has 0 aromatic heterocycles. The topological polar surface area (TPSA) is 99.1 Å². The molecule has 0 rings (SSSR count). The van der Waals surface area contributed by atoms with Crippen molar-refractivity contribution in [2.75, 3.05) is 41.0 Å². The standard InChI is InChI=1S/C43H81NO7/c1-6-8-10-12-14-16-17-18-19-20-21-22-23-24-25-26-28-29-31-33-41(45)50-38-39(37-49-36-35-40(43(47)48)44(3,4)5)51-42(46)34-32-30-27-15-13-11-9-7-2/h20-21,39-40H,6-19,22-38H2,1-5H3/p+1/b21-20+. The Labute approximate surface area is 314 Å². The van der Waals surface area contributed by atoms with Crippen molar-refractivity contribution < 1.29 is 38.2 Å². The molecule has 51 heavy (non-hydrogen) atoms. The van der Waals surface area contributed by atoms with Gasteiger partial charge in [-0.3, -0.25) is 9.59 Å². The smallest absolute Gasteiger partial charge is 0.362 e. The summed E-state index contributed by atoms with van der Waals surface area (Å²) in [5.74, 6) is -1.47. The maximum absolute atomic E-state index is 12.6. The molecule has 0 aliphatic carbocycles. The molecule has 8 nitrogen and oxygen atoms in total. The third kappa shape index (κ3) is 33.6. The number of aliphatic carboxylic acids is 1. The number of nitrogens with zero attached hydrogens (tertiary/aromatic N) is 1. The number of allylic oxidation sites excluding steroid dienone is 2. The third-order valence-corrected chi connectivity index (χ3v) is 9.66. The predicted molar refractivity (Wildman–Crippen MR) is 211 cm³/mol. The van der Waals surface area contributed by atoms with Crippen LogP contribution in [0.25, 0.3) is 0 Å². The fraction of sp³-hybridized carbons (Fsp3) is 0.884. The molecule has 1 N–H and O–H groups in total. The van der Waals surface area contributed by atoms with Crippen LogP contribution in [-0.4, -0.2) is 80.6 Å². The van der Waals surface area contributed by atoms with Gasteiger partial charge in [-0.2, -0.15) is 0 Å². The van der Waals surface area contributed by atoms with Crippen molar-refractivity contribution >= 4 is 17.9 Å². The number of unbranched alkanes of at least 4 members (excludes halogenated alkanes) is 22.